The number of carbonyl (C=O) groups is 1. The highest BCUT2D eigenvalue weighted by molar-refractivity contribution is 5.94. The molecule has 0 aliphatic carbocycles. The zero-order valence-corrected chi connectivity index (χ0v) is 11.7. The lowest BCUT2D eigenvalue weighted by molar-refractivity contribution is -0.120. The number of anilines is 1. The van der Waals surface area contributed by atoms with Crippen molar-refractivity contribution in [1.82, 2.24) is 4.98 Å². The van der Waals surface area contributed by atoms with Crippen LogP contribution in [0.3, 0.4) is 0 Å². The van der Waals surface area contributed by atoms with Gasteiger partial charge in [0.15, 0.2) is 0 Å². The van der Waals surface area contributed by atoms with E-state index in [9.17, 15) is 4.79 Å². The molecule has 3 nitrogen and oxygen atoms in total. The maximum Gasteiger partial charge on any atom is 0.227 e. The normalized spacial score (nSPS) is 21.2. The number of carbonyl (C=O) groups excluding carboxylic acids is 1. The molecule has 2 rings (SSSR count). The molecule has 1 atom stereocenters. The molecule has 0 aromatic carbocycles. The molecule has 2 heterocycles. The molecule has 1 fully saturated rings. The second kappa shape index (κ2) is 4.71. The van der Waals surface area contributed by atoms with E-state index in [1.165, 1.54) is 0 Å². The van der Waals surface area contributed by atoms with Gasteiger partial charge in [0.25, 0.3) is 0 Å². The summed E-state index contributed by atoms with van der Waals surface area (Å²) >= 11 is 0. The molecule has 1 aromatic heterocycles. The van der Waals surface area contributed by atoms with E-state index in [1.807, 2.05) is 23.2 Å². The first-order valence-corrected chi connectivity index (χ1v) is 6.68. The molecule has 1 amide bonds. The van der Waals surface area contributed by atoms with Crippen LogP contribution in [0.4, 0.5) is 5.69 Å². The number of pyridine rings is 1. The SMILES string of the molecule is CC1CCCC(=O)N1c1ccc(C(C)(C)C)nc1. The van der Waals surface area contributed by atoms with Gasteiger partial charge in [-0.3, -0.25) is 9.78 Å². The van der Waals surface area contributed by atoms with Gasteiger partial charge in [0.1, 0.15) is 0 Å². The van der Waals surface area contributed by atoms with Crippen molar-refractivity contribution in [3.8, 4) is 0 Å². The molecule has 1 saturated heterocycles. The standard InChI is InChI=1S/C15H22N2O/c1-11-6-5-7-14(18)17(11)12-8-9-13(16-10-12)15(2,3)4/h8-11H,5-7H2,1-4H3. The first-order chi connectivity index (χ1) is 8.39. The van der Waals surface area contributed by atoms with Crippen LogP contribution < -0.4 is 4.90 Å². The minimum Gasteiger partial charge on any atom is -0.308 e. The van der Waals surface area contributed by atoms with Gasteiger partial charge in [0.2, 0.25) is 5.91 Å². The fraction of sp³-hybridized carbons (Fsp3) is 0.600. The van der Waals surface area contributed by atoms with Crippen molar-refractivity contribution in [1.29, 1.82) is 0 Å². The van der Waals surface area contributed by atoms with Crippen molar-refractivity contribution in [3.63, 3.8) is 0 Å². The van der Waals surface area contributed by atoms with E-state index < -0.39 is 0 Å². The average molecular weight is 246 g/mol. The van der Waals surface area contributed by atoms with Gasteiger partial charge in [0.05, 0.1) is 11.9 Å². The lowest BCUT2D eigenvalue weighted by Gasteiger charge is -2.33. The zero-order chi connectivity index (χ0) is 13.3. The molecule has 18 heavy (non-hydrogen) atoms. The highest BCUT2D eigenvalue weighted by atomic mass is 16.2. The molecule has 1 aliphatic heterocycles. The van der Waals surface area contributed by atoms with Crippen molar-refractivity contribution in [2.75, 3.05) is 4.90 Å². The summed E-state index contributed by atoms with van der Waals surface area (Å²) in [6.07, 6.45) is 4.57. The van der Waals surface area contributed by atoms with Gasteiger partial charge in [-0.1, -0.05) is 20.8 Å². The Bertz CT molecular complexity index is 431. The molecule has 0 spiro atoms. The molecule has 0 radical (unpaired) electrons. The molecular formula is C15H22N2O. The number of rotatable bonds is 1. The van der Waals surface area contributed by atoms with Gasteiger partial charge in [-0.05, 0) is 31.9 Å². The summed E-state index contributed by atoms with van der Waals surface area (Å²) in [5, 5.41) is 0. The van der Waals surface area contributed by atoms with Crippen molar-refractivity contribution in [2.45, 2.75) is 58.4 Å². The van der Waals surface area contributed by atoms with E-state index in [0.717, 1.165) is 24.2 Å². The minimum absolute atomic E-state index is 0.0516. The Morgan fingerprint density at radius 3 is 2.56 bits per heavy atom. The Balaban J connectivity index is 2.26. The van der Waals surface area contributed by atoms with E-state index in [1.54, 1.807) is 0 Å². The smallest absolute Gasteiger partial charge is 0.227 e. The fourth-order valence-electron chi connectivity index (χ4n) is 2.41. The second-order valence-corrected chi connectivity index (χ2v) is 6.16. The Morgan fingerprint density at radius 1 is 1.33 bits per heavy atom. The van der Waals surface area contributed by atoms with Gasteiger partial charge in [-0.25, -0.2) is 0 Å². The van der Waals surface area contributed by atoms with E-state index in [4.69, 9.17) is 0 Å². The van der Waals surface area contributed by atoms with Crippen LogP contribution in [0, 0.1) is 0 Å². The third-order valence-corrected chi connectivity index (χ3v) is 3.52. The molecule has 0 bridgehead atoms. The van der Waals surface area contributed by atoms with E-state index in [0.29, 0.717) is 6.42 Å². The molecule has 0 saturated carbocycles. The molecule has 98 valence electrons. The Hall–Kier alpha value is -1.38. The third-order valence-electron chi connectivity index (χ3n) is 3.52. The quantitative estimate of drug-likeness (QED) is 0.762. The highest BCUT2D eigenvalue weighted by Gasteiger charge is 2.26. The summed E-state index contributed by atoms with van der Waals surface area (Å²) in [5.74, 6) is 0.221. The second-order valence-electron chi connectivity index (χ2n) is 6.16. The molecule has 0 N–H and O–H groups in total. The van der Waals surface area contributed by atoms with Gasteiger partial charge in [-0.15, -0.1) is 0 Å². The fourth-order valence-corrected chi connectivity index (χ4v) is 2.41. The Labute approximate surface area is 109 Å². The highest BCUT2D eigenvalue weighted by Crippen LogP contribution is 2.27. The van der Waals surface area contributed by atoms with E-state index >= 15 is 0 Å². The first kappa shape index (κ1) is 13.1. The van der Waals surface area contributed by atoms with Crippen LogP contribution in [0.15, 0.2) is 18.3 Å². The Kier molecular flexibility index (Phi) is 3.42. The molecule has 1 unspecified atom stereocenters. The molecular weight excluding hydrogens is 224 g/mol. The van der Waals surface area contributed by atoms with Crippen molar-refractivity contribution >= 4 is 11.6 Å². The maximum absolute atomic E-state index is 12.0. The molecule has 1 aromatic rings. The number of hydrogen-bond donors (Lipinski definition) is 0. The molecule has 3 heteroatoms. The zero-order valence-electron chi connectivity index (χ0n) is 11.7. The summed E-state index contributed by atoms with van der Waals surface area (Å²) in [6, 6.07) is 4.34. The van der Waals surface area contributed by atoms with Crippen LogP contribution in [0.5, 0.6) is 0 Å². The predicted molar refractivity (Wildman–Crippen MR) is 73.7 cm³/mol. The topological polar surface area (TPSA) is 33.2 Å². The van der Waals surface area contributed by atoms with Crippen LogP contribution in [-0.4, -0.2) is 16.9 Å². The van der Waals surface area contributed by atoms with Crippen molar-refractivity contribution < 1.29 is 4.79 Å². The summed E-state index contributed by atoms with van der Waals surface area (Å²) < 4.78 is 0. The van der Waals surface area contributed by atoms with Crippen molar-refractivity contribution in [2.24, 2.45) is 0 Å². The van der Waals surface area contributed by atoms with Crippen LogP contribution >= 0.6 is 0 Å². The van der Waals surface area contributed by atoms with Gasteiger partial charge < -0.3 is 4.90 Å². The van der Waals surface area contributed by atoms with Crippen molar-refractivity contribution in [3.05, 3.63) is 24.0 Å². The summed E-state index contributed by atoms with van der Waals surface area (Å²) in [6.45, 7) is 8.53. The van der Waals surface area contributed by atoms with E-state index in [-0.39, 0.29) is 17.4 Å². The van der Waals surface area contributed by atoms with Crippen LogP contribution in [0.2, 0.25) is 0 Å². The minimum atomic E-state index is 0.0516. The van der Waals surface area contributed by atoms with Crippen LogP contribution in [0.25, 0.3) is 0 Å². The Morgan fingerprint density at radius 2 is 2.06 bits per heavy atom. The monoisotopic (exact) mass is 246 g/mol. The number of hydrogen-bond acceptors (Lipinski definition) is 2. The van der Waals surface area contributed by atoms with E-state index in [2.05, 4.69) is 32.7 Å². The maximum atomic E-state index is 12.0. The summed E-state index contributed by atoms with van der Waals surface area (Å²) in [5.41, 5.74) is 2.04. The largest absolute Gasteiger partial charge is 0.308 e. The lowest BCUT2D eigenvalue weighted by atomic mass is 9.91. The number of nitrogens with zero attached hydrogens (tertiary/aromatic N) is 2. The van der Waals surface area contributed by atoms with Crippen LogP contribution in [0.1, 0.15) is 52.7 Å². The van der Waals surface area contributed by atoms with Crippen LogP contribution in [-0.2, 0) is 10.2 Å². The molecule has 1 aliphatic rings. The predicted octanol–water partition coefficient (Wildman–Crippen LogP) is 3.28. The number of aromatic nitrogens is 1. The third kappa shape index (κ3) is 2.55. The first-order valence-electron chi connectivity index (χ1n) is 6.68. The lowest BCUT2D eigenvalue weighted by Crippen LogP contribution is -2.42. The number of amides is 1. The van der Waals surface area contributed by atoms with Gasteiger partial charge >= 0.3 is 0 Å². The van der Waals surface area contributed by atoms with Gasteiger partial charge in [0, 0.05) is 23.6 Å². The number of piperidine rings is 1. The summed E-state index contributed by atoms with van der Waals surface area (Å²) in [4.78, 5) is 18.4. The average Bonchev–Trinajstić information content (AvgIpc) is 2.28. The summed E-state index contributed by atoms with van der Waals surface area (Å²) in [7, 11) is 0. The van der Waals surface area contributed by atoms with Gasteiger partial charge in [-0.2, -0.15) is 0 Å².